The molecule has 4 rings (SSSR count). The zero-order valence-corrected chi connectivity index (χ0v) is 15.8. The summed E-state index contributed by atoms with van der Waals surface area (Å²) in [5, 5.41) is 2.63. The lowest BCUT2D eigenvalue weighted by atomic mass is 10.1. The van der Waals surface area contributed by atoms with E-state index in [-0.39, 0.29) is 12.4 Å². The molecule has 0 radical (unpaired) electrons. The highest BCUT2D eigenvalue weighted by Gasteiger charge is 2.37. The van der Waals surface area contributed by atoms with Gasteiger partial charge in [-0.25, -0.2) is 9.69 Å². The first-order chi connectivity index (χ1) is 12.9. The molecule has 0 atom stereocenters. The number of urea groups is 1. The molecule has 27 heavy (non-hydrogen) atoms. The molecule has 2 aliphatic heterocycles. The molecule has 0 aliphatic carbocycles. The molecule has 1 saturated heterocycles. The summed E-state index contributed by atoms with van der Waals surface area (Å²) < 4.78 is 11.2. The minimum Gasteiger partial charge on any atom is -0.454 e. The zero-order valence-electron chi connectivity index (χ0n) is 13.5. The number of nitrogens with zero attached hydrogens (tertiary/aromatic N) is 1. The van der Waals surface area contributed by atoms with Crippen molar-refractivity contribution in [1.29, 1.82) is 0 Å². The van der Waals surface area contributed by atoms with Gasteiger partial charge < -0.3 is 9.47 Å². The van der Waals surface area contributed by atoms with Gasteiger partial charge in [-0.3, -0.25) is 14.9 Å². The molecule has 0 bridgehead atoms. The molecule has 136 valence electrons. The molecule has 1 fully saturated rings. The van der Waals surface area contributed by atoms with E-state index < -0.39 is 17.8 Å². The minimum atomic E-state index is -0.825. The first-order valence-corrected chi connectivity index (χ1v) is 8.87. The van der Waals surface area contributed by atoms with Gasteiger partial charge in [0.1, 0.15) is 5.57 Å². The van der Waals surface area contributed by atoms with Crippen molar-refractivity contribution in [1.82, 2.24) is 5.32 Å². The van der Waals surface area contributed by atoms with Gasteiger partial charge in [0.05, 0.1) is 5.69 Å². The third kappa shape index (κ3) is 3.17. The van der Waals surface area contributed by atoms with E-state index in [4.69, 9.17) is 21.1 Å². The molecule has 7 nitrogen and oxygen atoms in total. The van der Waals surface area contributed by atoms with Gasteiger partial charge in [0.2, 0.25) is 6.79 Å². The van der Waals surface area contributed by atoms with Gasteiger partial charge in [0.25, 0.3) is 11.8 Å². The maximum Gasteiger partial charge on any atom is 0.335 e. The maximum absolute atomic E-state index is 12.9. The summed E-state index contributed by atoms with van der Waals surface area (Å²) in [5.41, 5.74) is 0.636. The van der Waals surface area contributed by atoms with Gasteiger partial charge in [-0.15, -0.1) is 0 Å². The second-order valence-corrected chi connectivity index (χ2v) is 6.95. The monoisotopic (exact) mass is 448 g/mol. The summed E-state index contributed by atoms with van der Waals surface area (Å²) in [6.07, 6.45) is 1.39. The largest absolute Gasteiger partial charge is 0.454 e. The number of amides is 4. The molecule has 1 N–H and O–H groups in total. The summed E-state index contributed by atoms with van der Waals surface area (Å²) in [4.78, 5) is 38.2. The molecule has 2 aromatic rings. The molecule has 0 spiro atoms. The molecule has 2 aliphatic rings. The van der Waals surface area contributed by atoms with Crippen LogP contribution in [0.4, 0.5) is 10.5 Å². The average Bonchev–Trinajstić information content (AvgIpc) is 3.07. The number of imide groups is 2. The Balaban J connectivity index is 1.75. The SMILES string of the molecule is O=C1NC(=O)N(c2ccc(Cl)cc2)C(=O)C1=Cc1cc2c(cc1Br)OCO2. The standard InChI is InChI=1S/C18H10BrClN2O5/c19-13-7-15-14(26-8-27-15)6-9(13)5-12-16(23)21-18(25)22(17(12)24)11-3-1-10(20)2-4-11/h1-7H,8H2,(H,21,23,25). The Morgan fingerprint density at radius 3 is 2.44 bits per heavy atom. The van der Waals surface area contributed by atoms with E-state index in [0.717, 1.165) is 4.90 Å². The molecule has 0 aromatic heterocycles. The lowest BCUT2D eigenvalue weighted by molar-refractivity contribution is -0.122. The molecular weight excluding hydrogens is 440 g/mol. The lowest BCUT2D eigenvalue weighted by Gasteiger charge is -2.26. The van der Waals surface area contributed by atoms with Crippen molar-refractivity contribution in [2.24, 2.45) is 0 Å². The fourth-order valence-electron chi connectivity index (χ4n) is 2.68. The number of halogens is 2. The van der Waals surface area contributed by atoms with Gasteiger partial charge in [-0.05, 0) is 48.0 Å². The number of barbiturate groups is 1. The highest BCUT2D eigenvalue weighted by atomic mass is 79.9. The Bertz CT molecular complexity index is 1020. The Morgan fingerprint density at radius 2 is 1.74 bits per heavy atom. The predicted molar refractivity (Wildman–Crippen MR) is 101 cm³/mol. The fraction of sp³-hybridized carbons (Fsp3) is 0.0556. The molecule has 2 heterocycles. The van der Waals surface area contributed by atoms with Crippen LogP contribution < -0.4 is 19.7 Å². The van der Waals surface area contributed by atoms with Gasteiger partial charge in [-0.2, -0.15) is 0 Å². The zero-order chi connectivity index (χ0) is 19.1. The van der Waals surface area contributed by atoms with E-state index in [9.17, 15) is 14.4 Å². The summed E-state index contributed by atoms with van der Waals surface area (Å²) >= 11 is 9.23. The highest BCUT2D eigenvalue weighted by molar-refractivity contribution is 9.10. The van der Waals surface area contributed by atoms with Crippen LogP contribution in [-0.2, 0) is 9.59 Å². The van der Waals surface area contributed by atoms with Crippen molar-refractivity contribution >= 4 is 57.1 Å². The summed E-state index contributed by atoms with van der Waals surface area (Å²) in [7, 11) is 0. The van der Waals surface area contributed by atoms with Gasteiger partial charge in [0.15, 0.2) is 11.5 Å². The number of ether oxygens (including phenoxy) is 2. The number of rotatable bonds is 2. The number of carbonyl (C=O) groups excluding carboxylic acids is 3. The third-order valence-corrected chi connectivity index (χ3v) is 4.92. The molecule has 4 amide bonds. The average molecular weight is 450 g/mol. The Hall–Kier alpha value is -2.84. The number of fused-ring (bicyclic) bond motifs is 1. The Morgan fingerprint density at radius 1 is 1.07 bits per heavy atom. The van der Waals surface area contributed by atoms with Crippen LogP contribution in [0, 0.1) is 0 Å². The predicted octanol–water partition coefficient (Wildman–Crippen LogP) is 3.50. The van der Waals surface area contributed by atoms with E-state index in [1.54, 1.807) is 24.3 Å². The topological polar surface area (TPSA) is 84.9 Å². The minimum absolute atomic E-state index is 0.0973. The van der Waals surface area contributed by atoms with Crippen LogP contribution in [0.1, 0.15) is 5.56 Å². The van der Waals surface area contributed by atoms with Crippen LogP contribution in [0.3, 0.4) is 0 Å². The number of hydrogen-bond donors (Lipinski definition) is 1. The maximum atomic E-state index is 12.9. The molecular formula is C18H10BrClN2O5. The van der Waals surface area contributed by atoms with E-state index in [1.807, 2.05) is 0 Å². The van der Waals surface area contributed by atoms with Crippen molar-refractivity contribution in [2.45, 2.75) is 0 Å². The first kappa shape index (κ1) is 17.6. The summed E-state index contributed by atoms with van der Waals surface area (Å²) in [5.74, 6) is -0.462. The number of carbonyl (C=O) groups is 3. The summed E-state index contributed by atoms with van der Waals surface area (Å²) in [6.45, 7) is 0.0973. The van der Waals surface area contributed by atoms with Crippen molar-refractivity contribution < 1.29 is 23.9 Å². The Labute approximate surface area is 166 Å². The number of hydrogen-bond acceptors (Lipinski definition) is 5. The van der Waals surface area contributed by atoms with Crippen LogP contribution in [0.5, 0.6) is 11.5 Å². The first-order valence-electron chi connectivity index (χ1n) is 7.70. The van der Waals surface area contributed by atoms with Gasteiger partial charge >= 0.3 is 6.03 Å². The fourth-order valence-corrected chi connectivity index (χ4v) is 3.24. The second kappa shape index (κ2) is 6.71. The van der Waals surface area contributed by atoms with Crippen LogP contribution in [-0.4, -0.2) is 24.6 Å². The third-order valence-electron chi connectivity index (χ3n) is 3.98. The van der Waals surface area contributed by atoms with Crippen molar-refractivity contribution in [2.75, 3.05) is 11.7 Å². The molecule has 2 aromatic carbocycles. The van der Waals surface area contributed by atoms with E-state index in [1.165, 1.54) is 18.2 Å². The van der Waals surface area contributed by atoms with Gasteiger partial charge in [-0.1, -0.05) is 27.5 Å². The van der Waals surface area contributed by atoms with Crippen molar-refractivity contribution in [3.63, 3.8) is 0 Å². The van der Waals surface area contributed by atoms with Crippen molar-refractivity contribution in [3.8, 4) is 11.5 Å². The smallest absolute Gasteiger partial charge is 0.335 e. The van der Waals surface area contributed by atoms with Crippen LogP contribution >= 0.6 is 27.5 Å². The van der Waals surface area contributed by atoms with Crippen LogP contribution in [0.25, 0.3) is 6.08 Å². The van der Waals surface area contributed by atoms with Crippen LogP contribution in [0.15, 0.2) is 46.4 Å². The van der Waals surface area contributed by atoms with E-state index >= 15 is 0 Å². The quantitative estimate of drug-likeness (QED) is 0.560. The number of anilines is 1. The van der Waals surface area contributed by atoms with Crippen LogP contribution in [0.2, 0.25) is 5.02 Å². The summed E-state index contributed by atoms with van der Waals surface area (Å²) in [6, 6.07) is 8.63. The molecule has 0 saturated carbocycles. The number of nitrogens with one attached hydrogen (secondary N) is 1. The second-order valence-electron chi connectivity index (χ2n) is 5.66. The van der Waals surface area contributed by atoms with Gasteiger partial charge in [0, 0.05) is 9.50 Å². The van der Waals surface area contributed by atoms with Crippen molar-refractivity contribution in [3.05, 3.63) is 57.0 Å². The highest BCUT2D eigenvalue weighted by Crippen LogP contribution is 2.38. The van der Waals surface area contributed by atoms with E-state index in [2.05, 4.69) is 21.2 Å². The Kier molecular flexibility index (Phi) is 4.37. The van der Waals surface area contributed by atoms with E-state index in [0.29, 0.717) is 32.2 Å². The molecule has 0 unspecified atom stereocenters. The lowest BCUT2D eigenvalue weighted by Crippen LogP contribution is -2.54. The molecule has 9 heteroatoms. The number of benzene rings is 2. The normalized spacial score (nSPS) is 17.5.